The summed E-state index contributed by atoms with van der Waals surface area (Å²) < 4.78 is 13.0. The summed E-state index contributed by atoms with van der Waals surface area (Å²) in [5.41, 5.74) is 2.64. The third-order valence-electron chi connectivity index (χ3n) is 3.67. The fourth-order valence-corrected chi connectivity index (χ4v) is 3.14. The lowest BCUT2D eigenvalue weighted by Gasteiger charge is -2.19. The van der Waals surface area contributed by atoms with E-state index in [2.05, 4.69) is 36.0 Å². The normalized spacial score (nSPS) is 12.8. The van der Waals surface area contributed by atoms with Crippen LogP contribution < -0.4 is 5.32 Å². The van der Waals surface area contributed by atoms with Crippen LogP contribution in [-0.2, 0) is 12.8 Å². The van der Waals surface area contributed by atoms with Gasteiger partial charge in [0.05, 0.1) is 0 Å². The molecule has 0 amide bonds. The monoisotopic (exact) mass is 305 g/mol. The van der Waals surface area contributed by atoms with Crippen LogP contribution in [0.5, 0.6) is 0 Å². The minimum absolute atomic E-state index is 0.158. The Morgan fingerprint density at radius 3 is 2.48 bits per heavy atom. The van der Waals surface area contributed by atoms with Crippen LogP contribution in [0.25, 0.3) is 0 Å². The van der Waals surface area contributed by atoms with Gasteiger partial charge in [0.1, 0.15) is 5.82 Å². The van der Waals surface area contributed by atoms with Crippen molar-refractivity contribution in [3.63, 3.8) is 0 Å². The molecule has 0 aliphatic rings. The third kappa shape index (κ3) is 5.98. The Bertz CT molecular complexity index is 505. The lowest BCUT2D eigenvalue weighted by Crippen LogP contribution is -2.30. The van der Waals surface area contributed by atoms with Crippen molar-refractivity contribution in [2.45, 2.75) is 39.2 Å². The molecule has 0 fully saturated rings. The average Bonchev–Trinajstić information content (AvgIpc) is 2.97. The Balaban J connectivity index is 1.92. The maximum Gasteiger partial charge on any atom is 0.123 e. The lowest BCUT2D eigenvalue weighted by molar-refractivity contribution is 0.422. The van der Waals surface area contributed by atoms with Crippen molar-refractivity contribution < 1.29 is 4.39 Å². The molecule has 1 N–H and O–H groups in total. The maximum atomic E-state index is 13.0. The minimum atomic E-state index is -0.158. The number of nitrogens with one attached hydrogen (secondary N) is 1. The standard InChI is InChI=1S/C18H24FNS/c1-14(2)20-12-17(4-3-16-9-10-21-13-16)11-15-5-7-18(19)8-6-15/h5-10,13-14,17,20H,3-4,11-12H2,1-2H3. The van der Waals surface area contributed by atoms with Crippen LogP contribution in [0.15, 0.2) is 41.1 Å². The zero-order chi connectivity index (χ0) is 15.1. The molecular formula is C18H24FNS. The summed E-state index contributed by atoms with van der Waals surface area (Å²) in [6, 6.07) is 9.63. The van der Waals surface area contributed by atoms with E-state index in [-0.39, 0.29) is 5.82 Å². The minimum Gasteiger partial charge on any atom is -0.314 e. The van der Waals surface area contributed by atoms with Gasteiger partial charge in [0.15, 0.2) is 0 Å². The highest BCUT2D eigenvalue weighted by atomic mass is 32.1. The van der Waals surface area contributed by atoms with E-state index in [1.807, 2.05) is 12.1 Å². The number of hydrogen-bond donors (Lipinski definition) is 1. The molecule has 0 aliphatic heterocycles. The first-order chi connectivity index (χ1) is 10.1. The highest BCUT2D eigenvalue weighted by molar-refractivity contribution is 7.07. The number of aryl methyl sites for hydroxylation is 1. The Morgan fingerprint density at radius 2 is 1.86 bits per heavy atom. The van der Waals surface area contributed by atoms with Crippen LogP contribution in [0, 0.1) is 11.7 Å². The van der Waals surface area contributed by atoms with E-state index in [0.29, 0.717) is 12.0 Å². The molecule has 0 saturated heterocycles. The van der Waals surface area contributed by atoms with Gasteiger partial charge in [-0.05, 0) is 71.8 Å². The smallest absolute Gasteiger partial charge is 0.123 e. The van der Waals surface area contributed by atoms with E-state index in [9.17, 15) is 4.39 Å². The third-order valence-corrected chi connectivity index (χ3v) is 4.41. The van der Waals surface area contributed by atoms with Gasteiger partial charge >= 0.3 is 0 Å². The van der Waals surface area contributed by atoms with Gasteiger partial charge in [-0.25, -0.2) is 4.39 Å². The quantitative estimate of drug-likeness (QED) is 0.747. The number of rotatable bonds is 8. The van der Waals surface area contributed by atoms with Crippen molar-refractivity contribution in [3.05, 3.63) is 58.0 Å². The Kier molecular flexibility index (Phi) is 6.40. The first-order valence-electron chi connectivity index (χ1n) is 7.62. The highest BCUT2D eigenvalue weighted by Crippen LogP contribution is 2.17. The molecule has 2 aromatic rings. The number of halogens is 1. The van der Waals surface area contributed by atoms with Crippen molar-refractivity contribution >= 4 is 11.3 Å². The average molecular weight is 305 g/mol. The van der Waals surface area contributed by atoms with E-state index in [0.717, 1.165) is 25.8 Å². The fourth-order valence-electron chi connectivity index (χ4n) is 2.44. The second kappa shape index (κ2) is 8.30. The molecule has 0 aliphatic carbocycles. The molecule has 1 atom stereocenters. The Morgan fingerprint density at radius 1 is 1.10 bits per heavy atom. The lowest BCUT2D eigenvalue weighted by atomic mass is 9.93. The highest BCUT2D eigenvalue weighted by Gasteiger charge is 2.11. The van der Waals surface area contributed by atoms with Crippen LogP contribution in [0.3, 0.4) is 0 Å². The molecule has 0 saturated carbocycles. The molecule has 2 rings (SSSR count). The van der Waals surface area contributed by atoms with Gasteiger partial charge in [0.25, 0.3) is 0 Å². The van der Waals surface area contributed by atoms with E-state index < -0.39 is 0 Å². The van der Waals surface area contributed by atoms with E-state index in [4.69, 9.17) is 0 Å². The molecule has 0 spiro atoms. The Hall–Kier alpha value is -1.19. The summed E-state index contributed by atoms with van der Waals surface area (Å²) in [4.78, 5) is 0. The predicted molar refractivity (Wildman–Crippen MR) is 89.4 cm³/mol. The van der Waals surface area contributed by atoms with Crippen LogP contribution >= 0.6 is 11.3 Å². The van der Waals surface area contributed by atoms with Gasteiger partial charge in [0.2, 0.25) is 0 Å². The van der Waals surface area contributed by atoms with Crippen LogP contribution in [0.1, 0.15) is 31.4 Å². The molecule has 3 heteroatoms. The molecule has 21 heavy (non-hydrogen) atoms. The molecule has 1 unspecified atom stereocenters. The summed E-state index contributed by atoms with van der Waals surface area (Å²) in [6.45, 7) is 5.36. The predicted octanol–water partition coefficient (Wildman–Crippen LogP) is 4.68. The summed E-state index contributed by atoms with van der Waals surface area (Å²) in [6.07, 6.45) is 3.28. The number of thiophene rings is 1. The second-order valence-electron chi connectivity index (χ2n) is 5.93. The first-order valence-corrected chi connectivity index (χ1v) is 8.56. The largest absolute Gasteiger partial charge is 0.314 e. The zero-order valence-corrected chi connectivity index (χ0v) is 13.6. The van der Waals surface area contributed by atoms with Gasteiger partial charge in [-0.1, -0.05) is 26.0 Å². The fraction of sp³-hybridized carbons (Fsp3) is 0.444. The summed E-state index contributed by atoms with van der Waals surface area (Å²) in [5.74, 6) is 0.423. The van der Waals surface area contributed by atoms with Gasteiger partial charge in [-0.15, -0.1) is 0 Å². The van der Waals surface area contributed by atoms with Gasteiger partial charge in [-0.2, -0.15) is 11.3 Å². The van der Waals surface area contributed by atoms with Crippen molar-refractivity contribution in [2.75, 3.05) is 6.54 Å². The van der Waals surface area contributed by atoms with Gasteiger partial charge in [0, 0.05) is 6.04 Å². The summed E-state index contributed by atoms with van der Waals surface area (Å²) >= 11 is 1.76. The van der Waals surface area contributed by atoms with Crippen molar-refractivity contribution in [1.82, 2.24) is 5.32 Å². The first kappa shape index (κ1) is 16.2. The topological polar surface area (TPSA) is 12.0 Å². The molecule has 1 heterocycles. The van der Waals surface area contributed by atoms with Crippen molar-refractivity contribution in [1.29, 1.82) is 0 Å². The molecule has 1 aromatic heterocycles. The van der Waals surface area contributed by atoms with E-state index in [1.54, 1.807) is 23.5 Å². The van der Waals surface area contributed by atoms with Crippen molar-refractivity contribution in [2.24, 2.45) is 5.92 Å². The van der Waals surface area contributed by atoms with Gasteiger partial charge in [-0.3, -0.25) is 0 Å². The molecule has 0 radical (unpaired) electrons. The van der Waals surface area contributed by atoms with E-state index >= 15 is 0 Å². The summed E-state index contributed by atoms with van der Waals surface area (Å²) in [5, 5.41) is 7.90. The van der Waals surface area contributed by atoms with E-state index in [1.165, 1.54) is 11.1 Å². The SMILES string of the molecule is CC(C)NCC(CCc1ccsc1)Cc1ccc(F)cc1. The van der Waals surface area contributed by atoms with Crippen LogP contribution in [0.2, 0.25) is 0 Å². The zero-order valence-electron chi connectivity index (χ0n) is 12.8. The van der Waals surface area contributed by atoms with Gasteiger partial charge < -0.3 is 5.32 Å². The molecule has 1 nitrogen and oxygen atoms in total. The van der Waals surface area contributed by atoms with Crippen LogP contribution in [0.4, 0.5) is 4.39 Å². The summed E-state index contributed by atoms with van der Waals surface area (Å²) in [7, 11) is 0. The molecule has 114 valence electrons. The number of benzene rings is 1. The molecule has 0 bridgehead atoms. The van der Waals surface area contributed by atoms with Crippen LogP contribution in [-0.4, -0.2) is 12.6 Å². The Labute approximate surface area is 131 Å². The molecule has 1 aromatic carbocycles. The second-order valence-corrected chi connectivity index (χ2v) is 6.71. The number of hydrogen-bond acceptors (Lipinski definition) is 2. The van der Waals surface area contributed by atoms with Crippen molar-refractivity contribution in [3.8, 4) is 0 Å². The molecular weight excluding hydrogens is 281 g/mol. The maximum absolute atomic E-state index is 13.0.